The topological polar surface area (TPSA) is 82.0 Å². The largest absolute Gasteiger partial charge is 0.377 e. The van der Waals surface area contributed by atoms with Crippen LogP contribution in [0, 0.1) is 16.7 Å². The van der Waals surface area contributed by atoms with Gasteiger partial charge < -0.3 is 10.6 Å². The van der Waals surface area contributed by atoms with E-state index in [-0.39, 0.29) is 17.1 Å². The first kappa shape index (κ1) is 15.8. The van der Waals surface area contributed by atoms with E-state index in [0.717, 1.165) is 0 Å². The SMILES string of the molecule is C[C@@H](Nc1c(Nc2ccc(C#N)cc2)c(=O)c1=O)C(C)(C)C. The van der Waals surface area contributed by atoms with Gasteiger partial charge in [0.05, 0.1) is 11.6 Å². The van der Waals surface area contributed by atoms with Gasteiger partial charge in [-0.2, -0.15) is 5.26 Å². The number of rotatable bonds is 4. The molecule has 0 aliphatic carbocycles. The van der Waals surface area contributed by atoms with Gasteiger partial charge in [-0.05, 0) is 36.6 Å². The van der Waals surface area contributed by atoms with Gasteiger partial charge >= 0.3 is 0 Å². The average molecular weight is 297 g/mol. The first-order valence-corrected chi connectivity index (χ1v) is 7.11. The molecule has 0 heterocycles. The van der Waals surface area contributed by atoms with Crippen molar-refractivity contribution in [3.8, 4) is 6.07 Å². The Balaban J connectivity index is 2.22. The molecule has 0 radical (unpaired) electrons. The van der Waals surface area contributed by atoms with Crippen LogP contribution in [0.2, 0.25) is 0 Å². The minimum Gasteiger partial charge on any atom is -0.377 e. The van der Waals surface area contributed by atoms with E-state index in [9.17, 15) is 9.59 Å². The van der Waals surface area contributed by atoms with Gasteiger partial charge in [0.1, 0.15) is 11.4 Å². The summed E-state index contributed by atoms with van der Waals surface area (Å²) in [4.78, 5) is 23.5. The number of nitrogens with one attached hydrogen (secondary N) is 2. The summed E-state index contributed by atoms with van der Waals surface area (Å²) in [7, 11) is 0. The van der Waals surface area contributed by atoms with E-state index in [1.165, 1.54) is 0 Å². The number of hydrogen-bond acceptors (Lipinski definition) is 5. The lowest BCUT2D eigenvalue weighted by molar-refractivity contribution is 0.359. The van der Waals surface area contributed by atoms with Gasteiger partial charge in [-0.1, -0.05) is 20.8 Å². The zero-order chi connectivity index (χ0) is 16.5. The van der Waals surface area contributed by atoms with E-state index < -0.39 is 10.9 Å². The lowest BCUT2D eigenvalue weighted by atomic mass is 9.87. The zero-order valence-electron chi connectivity index (χ0n) is 13.2. The third kappa shape index (κ3) is 3.01. The second-order valence-electron chi connectivity index (χ2n) is 6.45. The predicted molar refractivity (Wildman–Crippen MR) is 88.3 cm³/mol. The molecule has 5 nitrogen and oxygen atoms in total. The highest BCUT2D eigenvalue weighted by Crippen LogP contribution is 2.26. The highest BCUT2D eigenvalue weighted by atomic mass is 16.2. The van der Waals surface area contributed by atoms with E-state index in [0.29, 0.717) is 16.9 Å². The smallest absolute Gasteiger partial charge is 0.253 e. The molecule has 0 unspecified atom stereocenters. The normalized spacial score (nSPS) is 12.7. The first-order valence-electron chi connectivity index (χ1n) is 7.11. The summed E-state index contributed by atoms with van der Waals surface area (Å²) >= 11 is 0. The lowest BCUT2D eigenvalue weighted by Crippen LogP contribution is -2.41. The number of benzene rings is 1. The molecule has 2 aromatic rings. The molecule has 2 aromatic carbocycles. The molecule has 0 aromatic heterocycles. The Kier molecular flexibility index (Phi) is 4.05. The van der Waals surface area contributed by atoms with Crippen LogP contribution in [0.25, 0.3) is 0 Å². The van der Waals surface area contributed by atoms with E-state index in [2.05, 4.69) is 31.4 Å². The Hall–Kier alpha value is -2.61. The third-order valence-electron chi connectivity index (χ3n) is 3.85. The fourth-order valence-corrected chi connectivity index (χ4v) is 1.85. The average Bonchev–Trinajstić information content (AvgIpc) is 2.49. The van der Waals surface area contributed by atoms with E-state index >= 15 is 0 Å². The van der Waals surface area contributed by atoms with E-state index in [4.69, 9.17) is 5.26 Å². The van der Waals surface area contributed by atoms with E-state index in [1.807, 2.05) is 13.0 Å². The van der Waals surface area contributed by atoms with Crippen LogP contribution in [0.5, 0.6) is 0 Å². The molecule has 0 bridgehead atoms. The highest BCUT2D eigenvalue weighted by molar-refractivity contribution is 5.79. The van der Waals surface area contributed by atoms with Crippen molar-refractivity contribution >= 4 is 17.1 Å². The van der Waals surface area contributed by atoms with Gasteiger partial charge in [-0.3, -0.25) is 9.59 Å². The monoisotopic (exact) mass is 297 g/mol. The molecule has 0 amide bonds. The van der Waals surface area contributed by atoms with Gasteiger partial charge in [0.15, 0.2) is 0 Å². The summed E-state index contributed by atoms with van der Waals surface area (Å²) in [6, 6.07) is 8.77. The van der Waals surface area contributed by atoms with Crippen molar-refractivity contribution in [1.82, 2.24) is 0 Å². The molecule has 0 saturated heterocycles. The van der Waals surface area contributed by atoms with Crippen LogP contribution in [-0.2, 0) is 0 Å². The number of nitrogens with zero attached hydrogens (tertiary/aromatic N) is 1. The van der Waals surface area contributed by atoms with Crippen LogP contribution >= 0.6 is 0 Å². The zero-order valence-corrected chi connectivity index (χ0v) is 13.2. The number of anilines is 3. The molecule has 114 valence electrons. The second kappa shape index (κ2) is 5.64. The van der Waals surface area contributed by atoms with Crippen LogP contribution in [0.15, 0.2) is 33.9 Å². The molecule has 2 rings (SSSR count). The maximum atomic E-state index is 11.8. The number of nitriles is 1. The predicted octanol–water partition coefficient (Wildman–Crippen LogP) is 2.74. The first-order chi connectivity index (χ1) is 10.2. The van der Waals surface area contributed by atoms with Gasteiger partial charge in [-0.15, -0.1) is 0 Å². The minimum atomic E-state index is -0.520. The molecule has 1 atom stereocenters. The molecule has 0 fully saturated rings. The van der Waals surface area contributed by atoms with Crippen molar-refractivity contribution in [3.05, 3.63) is 50.3 Å². The Morgan fingerprint density at radius 2 is 1.59 bits per heavy atom. The van der Waals surface area contributed by atoms with Gasteiger partial charge in [0.25, 0.3) is 10.9 Å². The second-order valence-corrected chi connectivity index (χ2v) is 6.45. The summed E-state index contributed by atoms with van der Waals surface area (Å²) in [5.74, 6) is 0. The third-order valence-corrected chi connectivity index (χ3v) is 3.85. The minimum absolute atomic E-state index is 0.0362. The molecular formula is C17H19N3O2. The summed E-state index contributed by atoms with van der Waals surface area (Å²) in [5, 5.41) is 14.9. The van der Waals surface area contributed by atoms with Crippen molar-refractivity contribution in [2.24, 2.45) is 5.41 Å². The van der Waals surface area contributed by atoms with Crippen LogP contribution in [0.4, 0.5) is 17.1 Å². The molecule has 0 aliphatic heterocycles. The molecular weight excluding hydrogens is 278 g/mol. The molecule has 22 heavy (non-hydrogen) atoms. The van der Waals surface area contributed by atoms with Crippen molar-refractivity contribution < 1.29 is 0 Å². The Morgan fingerprint density at radius 1 is 1.05 bits per heavy atom. The van der Waals surface area contributed by atoms with Crippen molar-refractivity contribution in [1.29, 1.82) is 5.26 Å². The quantitative estimate of drug-likeness (QED) is 0.848. The number of hydrogen-bond donors (Lipinski definition) is 2. The maximum Gasteiger partial charge on any atom is 0.253 e. The van der Waals surface area contributed by atoms with Crippen LogP contribution in [-0.4, -0.2) is 6.04 Å². The molecule has 2 N–H and O–H groups in total. The summed E-state index contributed by atoms with van der Waals surface area (Å²) in [5.41, 5.74) is 0.765. The Labute approximate surface area is 129 Å². The van der Waals surface area contributed by atoms with Crippen molar-refractivity contribution in [3.63, 3.8) is 0 Å². The van der Waals surface area contributed by atoms with Crippen LogP contribution < -0.4 is 21.5 Å². The van der Waals surface area contributed by atoms with Gasteiger partial charge in [0.2, 0.25) is 0 Å². The fraction of sp³-hybridized carbons (Fsp3) is 0.353. The Bertz CT molecular complexity index is 785. The van der Waals surface area contributed by atoms with E-state index in [1.54, 1.807) is 24.3 Å². The standard InChI is InChI=1S/C17H19N3O2/c1-10(17(2,3)4)19-13-14(16(22)15(13)21)20-12-7-5-11(9-18)6-8-12/h5-8,10,19-20H,1-4H3/t10-/m1/s1. The highest BCUT2D eigenvalue weighted by Gasteiger charge is 2.26. The van der Waals surface area contributed by atoms with Crippen LogP contribution in [0.1, 0.15) is 33.3 Å². The fourth-order valence-electron chi connectivity index (χ4n) is 1.85. The molecule has 0 aliphatic rings. The summed E-state index contributed by atoms with van der Waals surface area (Å²) < 4.78 is 0. The Morgan fingerprint density at radius 3 is 2.09 bits per heavy atom. The summed E-state index contributed by atoms with van der Waals surface area (Å²) in [6.07, 6.45) is 0. The van der Waals surface area contributed by atoms with Crippen LogP contribution in [0.3, 0.4) is 0 Å². The maximum absolute atomic E-state index is 11.8. The van der Waals surface area contributed by atoms with Gasteiger partial charge in [-0.25, -0.2) is 0 Å². The molecule has 5 heteroatoms. The summed E-state index contributed by atoms with van der Waals surface area (Å²) in [6.45, 7) is 8.15. The van der Waals surface area contributed by atoms with Crippen molar-refractivity contribution in [2.75, 3.05) is 10.6 Å². The van der Waals surface area contributed by atoms with Crippen molar-refractivity contribution in [2.45, 2.75) is 33.7 Å². The lowest BCUT2D eigenvalue weighted by Gasteiger charge is -2.30. The molecule has 0 saturated carbocycles. The van der Waals surface area contributed by atoms with Gasteiger partial charge in [0, 0.05) is 11.7 Å². The molecule has 0 spiro atoms.